The fourth-order valence-corrected chi connectivity index (χ4v) is 2.78. The van der Waals surface area contributed by atoms with Crippen LogP contribution in [-0.4, -0.2) is 17.4 Å². The van der Waals surface area contributed by atoms with Gasteiger partial charge in [-0.05, 0) is 24.1 Å². The molecule has 4 heteroatoms. The number of carbonyl (C=O) groups excluding carboxylic acids is 1. The van der Waals surface area contributed by atoms with Crippen molar-refractivity contribution in [2.45, 2.75) is 27.2 Å². The van der Waals surface area contributed by atoms with Gasteiger partial charge in [0.15, 0.2) is 0 Å². The highest BCUT2D eigenvalue weighted by atomic mass is 35.5. The Bertz CT molecular complexity index is 703. The Labute approximate surface area is 123 Å². The molecule has 2 heterocycles. The third kappa shape index (κ3) is 2.06. The van der Waals surface area contributed by atoms with E-state index in [1.807, 2.05) is 39.0 Å². The number of pyridine rings is 1. The first-order chi connectivity index (χ1) is 9.38. The van der Waals surface area contributed by atoms with Gasteiger partial charge in [-0.2, -0.15) is 0 Å². The molecule has 1 aliphatic rings. The lowest BCUT2D eigenvalue weighted by Crippen LogP contribution is -2.38. The Hall–Kier alpha value is -1.61. The maximum atomic E-state index is 12.5. The van der Waals surface area contributed by atoms with Crippen LogP contribution in [0.4, 0.5) is 5.82 Å². The molecule has 2 aromatic rings. The Morgan fingerprint density at radius 3 is 2.80 bits per heavy atom. The lowest BCUT2D eigenvalue weighted by molar-refractivity contribution is -0.125. The summed E-state index contributed by atoms with van der Waals surface area (Å²) < 4.78 is 0. The Morgan fingerprint density at radius 1 is 1.35 bits per heavy atom. The van der Waals surface area contributed by atoms with E-state index in [1.54, 1.807) is 4.90 Å². The average molecular weight is 289 g/mol. The molecule has 0 fully saturated rings. The van der Waals surface area contributed by atoms with Crippen LogP contribution in [0.15, 0.2) is 24.3 Å². The molecule has 104 valence electrons. The van der Waals surface area contributed by atoms with Crippen LogP contribution in [0.5, 0.6) is 0 Å². The number of carbonyl (C=O) groups is 1. The Morgan fingerprint density at radius 2 is 2.10 bits per heavy atom. The lowest BCUT2D eigenvalue weighted by Gasteiger charge is -2.25. The summed E-state index contributed by atoms with van der Waals surface area (Å²) >= 11 is 6.21. The molecule has 1 amide bonds. The molecule has 20 heavy (non-hydrogen) atoms. The quantitative estimate of drug-likeness (QED) is 0.738. The van der Waals surface area contributed by atoms with Crippen molar-refractivity contribution in [2.75, 3.05) is 11.4 Å². The molecule has 1 aromatic heterocycles. The number of aromatic nitrogens is 1. The average Bonchev–Trinajstić information content (AvgIpc) is 2.78. The van der Waals surface area contributed by atoms with Gasteiger partial charge in [0.1, 0.15) is 5.82 Å². The van der Waals surface area contributed by atoms with Crippen molar-refractivity contribution >= 4 is 34.2 Å². The zero-order valence-corrected chi connectivity index (χ0v) is 12.7. The number of halogens is 1. The van der Waals surface area contributed by atoms with Gasteiger partial charge in [-0.15, -0.1) is 0 Å². The van der Waals surface area contributed by atoms with Gasteiger partial charge in [-0.3, -0.25) is 9.69 Å². The number of hydrogen-bond acceptors (Lipinski definition) is 2. The third-order valence-electron chi connectivity index (χ3n) is 3.60. The first-order valence-electron chi connectivity index (χ1n) is 6.78. The Kier molecular flexibility index (Phi) is 2.98. The normalized spacial score (nSPS) is 14.7. The van der Waals surface area contributed by atoms with Crippen molar-refractivity contribution in [1.29, 1.82) is 0 Å². The maximum Gasteiger partial charge on any atom is 0.233 e. The number of fused-ring (bicyclic) bond motifs is 2. The fourth-order valence-electron chi connectivity index (χ4n) is 2.55. The fraction of sp³-hybridized carbons (Fsp3) is 0.375. The van der Waals surface area contributed by atoms with Crippen LogP contribution in [0.2, 0.25) is 5.02 Å². The molecule has 0 N–H and O–H groups in total. The summed E-state index contributed by atoms with van der Waals surface area (Å²) in [6, 6.07) is 7.85. The lowest BCUT2D eigenvalue weighted by atomic mass is 9.95. The predicted molar refractivity (Wildman–Crippen MR) is 82.3 cm³/mol. The first kappa shape index (κ1) is 13.4. The molecule has 0 unspecified atom stereocenters. The monoisotopic (exact) mass is 288 g/mol. The van der Waals surface area contributed by atoms with Gasteiger partial charge in [-0.1, -0.05) is 44.5 Å². The summed E-state index contributed by atoms with van der Waals surface area (Å²) in [5.74, 6) is 0.876. The predicted octanol–water partition coefficient (Wildman–Crippen LogP) is 3.82. The molecular formula is C16H17ClN2O. The van der Waals surface area contributed by atoms with Crippen LogP contribution in [0.1, 0.15) is 26.3 Å². The van der Waals surface area contributed by atoms with Crippen molar-refractivity contribution in [3.05, 3.63) is 34.9 Å². The number of rotatable bonds is 0. The number of amides is 1. The van der Waals surface area contributed by atoms with E-state index in [4.69, 9.17) is 11.6 Å². The Balaban J connectivity index is 2.14. The molecule has 0 saturated carbocycles. The van der Waals surface area contributed by atoms with Crippen LogP contribution in [0.25, 0.3) is 10.9 Å². The highest BCUT2D eigenvalue weighted by Gasteiger charge is 2.33. The molecule has 3 nitrogen and oxygen atoms in total. The number of para-hydroxylation sites is 1. The van der Waals surface area contributed by atoms with Gasteiger partial charge < -0.3 is 0 Å². The van der Waals surface area contributed by atoms with E-state index in [2.05, 4.69) is 11.1 Å². The maximum absolute atomic E-state index is 12.5. The minimum absolute atomic E-state index is 0.107. The van der Waals surface area contributed by atoms with Crippen LogP contribution < -0.4 is 4.90 Å². The van der Waals surface area contributed by atoms with Crippen molar-refractivity contribution in [3.63, 3.8) is 0 Å². The van der Waals surface area contributed by atoms with E-state index in [-0.39, 0.29) is 5.91 Å². The SMILES string of the molecule is CC(C)(C)C(=O)N1CCc2cc3cccc(Cl)c3nc21. The molecule has 0 bridgehead atoms. The number of benzene rings is 1. The van der Waals surface area contributed by atoms with Gasteiger partial charge in [0, 0.05) is 17.3 Å². The molecule has 1 aliphatic heterocycles. The smallest absolute Gasteiger partial charge is 0.233 e. The molecule has 3 rings (SSSR count). The molecule has 0 radical (unpaired) electrons. The largest absolute Gasteiger partial charge is 0.296 e. The third-order valence-corrected chi connectivity index (χ3v) is 3.90. The van der Waals surface area contributed by atoms with Gasteiger partial charge in [0.05, 0.1) is 10.5 Å². The zero-order chi connectivity index (χ0) is 14.5. The molecule has 0 spiro atoms. The number of anilines is 1. The van der Waals surface area contributed by atoms with E-state index in [0.717, 1.165) is 28.7 Å². The van der Waals surface area contributed by atoms with E-state index in [9.17, 15) is 4.79 Å². The summed E-state index contributed by atoms with van der Waals surface area (Å²) in [5.41, 5.74) is 1.48. The minimum Gasteiger partial charge on any atom is -0.296 e. The van der Waals surface area contributed by atoms with Crippen molar-refractivity contribution in [2.24, 2.45) is 5.41 Å². The van der Waals surface area contributed by atoms with Gasteiger partial charge in [0.2, 0.25) is 5.91 Å². The highest BCUT2D eigenvalue weighted by molar-refractivity contribution is 6.35. The summed E-state index contributed by atoms with van der Waals surface area (Å²) in [6.45, 7) is 6.50. The minimum atomic E-state index is -0.404. The van der Waals surface area contributed by atoms with E-state index < -0.39 is 5.41 Å². The van der Waals surface area contributed by atoms with Gasteiger partial charge >= 0.3 is 0 Å². The number of nitrogens with zero attached hydrogens (tertiary/aromatic N) is 2. The zero-order valence-electron chi connectivity index (χ0n) is 11.9. The summed E-state index contributed by atoms with van der Waals surface area (Å²) in [4.78, 5) is 18.9. The molecule has 0 atom stereocenters. The number of hydrogen-bond donors (Lipinski definition) is 0. The van der Waals surface area contributed by atoms with Crippen LogP contribution in [0, 0.1) is 5.41 Å². The summed E-state index contributed by atoms with van der Waals surface area (Å²) in [6.07, 6.45) is 0.854. The molecular weight excluding hydrogens is 272 g/mol. The van der Waals surface area contributed by atoms with Crippen LogP contribution in [-0.2, 0) is 11.2 Å². The second kappa shape index (κ2) is 4.45. The van der Waals surface area contributed by atoms with E-state index in [0.29, 0.717) is 11.6 Å². The van der Waals surface area contributed by atoms with Crippen molar-refractivity contribution < 1.29 is 4.79 Å². The first-order valence-corrected chi connectivity index (χ1v) is 7.16. The second-order valence-corrected chi connectivity index (χ2v) is 6.65. The topological polar surface area (TPSA) is 33.2 Å². The second-order valence-electron chi connectivity index (χ2n) is 6.24. The van der Waals surface area contributed by atoms with Gasteiger partial charge in [0.25, 0.3) is 0 Å². The standard InChI is InChI=1S/C16H17ClN2O/c1-16(2,3)15(20)19-8-7-11-9-10-5-4-6-12(17)13(10)18-14(11)19/h4-6,9H,7-8H2,1-3H3. The van der Waals surface area contributed by atoms with Crippen molar-refractivity contribution in [3.8, 4) is 0 Å². The molecule has 1 aromatic carbocycles. The van der Waals surface area contributed by atoms with Crippen LogP contribution >= 0.6 is 11.6 Å². The molecule has 0 saturated heterocycles. The highest BCUT2D eigenvalue weighted by Crippen LogP contribution is 2.34. The van der Waals surface area contributed by atoms with Crippen molar-refractivity contribution in [1.82, 2.24) is 4.98 Å². The summed E-state index contributed by atoms with van der Waals surface area (Å²) in [5, 5.41) is 1.65. The van der Waals surface area contributed by atoms with Gasteiger partial charge in [-0.25, -0.2) is 4.98 Å². The van der Waals surface area contributed by atoms with E-state index in [1.165, 1.54) is 0 Å². The summed E-state index contributed by atoms with van der Waals surface area (Å²) in [7, 11) is 0. The molecule has 0 aliphatic carbocycles. The van der Waals surface area contributed by atoms with E-state index >= 15 is 0 Å². The van der Waals surface area contributed by atoms with Crippen LogP contribution in [0.3, 0.4) is 0 Å².